The number of benzene rings is 1. The van der Waals surface area contributed by atoms with E-state index in [1.807, 2.05) is 6.07 Å². The topological polar surface area (TPSA) is 45.2 Å². The van der Waals surface area contributed by atoms with Gasteiger partial charge in [-0.3, -0.25) is 4.79 Å². The summed E-state index contributed by atoms with van der Waals surface area (Å²) in [6, 6.07) is 7.28. The van der Waals surface area contributed by atoms with Crippen LogP contribution in [0.3, 0.4) is 0 Å². The van der Waals surface area contributed by atoms with E-state index >= 15 is 0 Å². The minimum absolute atomic E-state index is 0.00668. The molecule has 1 fully saturated rings. The molecule has 7 heteroatoms. The number of hydrogen-bond donors (Lipinski definition) is 1. The number of pyridine rings is 1. The van der Waals surface area contributed by atoms with Gasteiger partial charge >= 0.3 is 0 Å². The number of aromatic nitrogens is 1. The lowest BCUT2D eigenvalue weighted by atomic mass is 9.96. The van der Waals surface area contributed by atoms with E-state index < -0.39 is 11.6 Å². The molecule has 1 aliphatic heterocycles. The van der Waals surface area contributed by atoms with E-state index in [0.29, 0.717) is 6.54 Å². The predicted octanol–water partition coefficient (Wildman–Crippen LogP) is 4.74. The van der Waals surface area contributed by atoms with Gasteiger partial charge in [0.05, 0.1) is 11.6 Å². The highest BCUT2D eigenvalue weighted by atomic mass is 32.1. The van der Waals surface area contributed by atoms with Crippen LogP contribution in [0.2, 0.25) is 0 Å². The molecule has 1 amide bonds. The molecule has 0 bridgehead atoms. The van der Waals surface area contributed by atoms with Crippen molar-refractivity contribution in [1.29, 1.82) is 0 Å². The summed E-state index contributed by atoms with van der Waals surface area (Å²) >= 11 is 1.72. The van der Waals surface area contributed by atoms with E-state index in [9.17, 15) is 13.6 Å². The molecule has 0 saturated carbocycles. The highest BCUT2D eigenvalue weighted by Gasteiger charge is 2.28. The maximum atomic E-state index is 13.8. The molecule has 4 rings (SSSR count). The van der Waals surface area contributed by atoms with E-state index in [1.54, 1.807) is 17.5 Å². The van der Waals surface area contributed by atoms with Gasteiger partial charge in [0.1, 0.15) is 17.5 Å². The Kier molecular flexibility index (Phi) is 4.78. The molecule has 1 aliphatic rings. The Balaban J connectivity index is 1.53. The fourth-order valence-corrected chi connectivity index (χ4v) is 4.45. The van der Waals surface area contributed by atoms with Crippen molar-refractivity contribution in [3.05, 3.63) is 53.0 Å². The number of amides is 1. The summed E-state index contributed by atoms with van der Waals surface area (Å²) in [6.45, 7) is 3.42. The van der Waals surface area contributed by atoms with Gasteiger partial charge in [-0.2, -0.15) is 0 Å². The predicted molar refractivity (Wildman–Crippen MR) is 104 cm³/mol. The third kappa shape index (κ3) is 3.64. The van der Waals surface area contributed by atoms with E-state index in [4.69, 9.17) is 0 Å². The van der Waals surface area contributed by atoms with Crippen LogP contribution in [0.25, 0.3) is 10.1 Å². The van der Waals surface area contributed by atoms with Crippen LogP contribution in [0.4, 0.5) is 20.3 Å². The second-order valence-electron chi connectivity index (χ2n) is 6.80. The number of piperidine rings is 1. The number of carbonyl (C=O) groups excluding carboxylic acids is 1. The van der Waals surface area contributed by atoms with Gasteiger partial charge in [0.15, 0.2) is 0 Å². The molecule has 0 radical (unpaired) electrons. The summed E-state index contributed by atoms with van der Waals surface area (Å²) in [5.74, 6) is -1.07. The molecule has 3 heterocycles. The number of thiophene rings is 1. The minimum Gasteiger partial charge on any atom is -0.355 e. The van der Waals surface area contributed by atoms with Gasteiger partial charge in [0, 0.05) is 40.3 Å². The molecular formula is C20H19F2N3OS. The normalized spacial score (nSPS) is 17.3. The molecule has 27 heavy (non-hydrogen) atoms. The zero-order valence-corrected chi connectivity index (χ0v) is 15.7. The summed E-state index contributed by atoms with van der Waals surface area (Å²) in [7, 11) is 0. The van der Waals surface area contributed by atoms with Gasteiger partial charge in [0.25, 0.3) is 0 Å². The van der Waals surface area contributed by atoms with Gasteiger partial charge in [-0.05, 0) is 44.0 Å². The Bertz CT molecular complexity index is 1000. The van der Waals surface area contributed by atoms with Crippen molar-refractivity contribution in [1.82, 2.24) is 4.98 Å². The van der Waals surface area contributed by atoms with Crippen molar-refractivity contribution in [2.75, 3.05) is 23.3 Å². The monoisotopic (exact) mass is 387 g/mol. The summed E-state index contributed by atoms with van der Waals surface area (Å²) in [4.78, 5) is 20.5. The van der Waals surface area contributed by atoms with Crippen LogP contribution in [0, 0.1) is 24.5 Å². The number of halogens is 2. The molecule has 1 aromatic carbocycles. The van der Waals surface area contributed by atoms with Crippen molar-refractivity contribution in [2.24, 2.45) is 5.92 Å². The average Bonchev–Trinajstić information content (AvgIpc) is 3.04. The van der Waals surface area contributed by atoms with Crippen molar-refractivity contribution >= 4 is 38.8 Å². The van der Waals surface area contributed by atoms with Gasteiger partial charge in [0.2, 0.25) is 5.91 Å². The Morgan fingerprint density at radius 1 is 1.30 bits per heavy atom. The highest BCUT2D eigenvalue weighted by Crippen LogP contribution is 2.33. The largest absolute Gasteiger partial charge is 0.355 e. The zero-order chi connectivity index (χ0) is 19.0. The van der Waals surface area contributed by atoms with Crippen LogP contribution >= 0.6 is 11.3 Å². The van der Waals surface area contributed by atoms with Crippen LogP contribution in [0.15, 0.2) is 36.5 Å². The maximum absolute atomic E-state index is 13.8. The molecule has 1 N–H and O–H groups in total. The van der Waals surface area contributed by atoms with Gasteiger partial charge in [-0.15, -0.1) is 11.3 Å². The molecule has 140 valence electrons. The number of rotatable bonds is 3. The molecule has 0 aliphatic carbocycles. The third-order valence-corrected chi connectivity index (χ3v) is 5.84. The molecule has 4 nitrogen and oxygen atoms in total. The van der Waals surface area contributed by atoms with Gasteiger partial charge in [-0.25, -0.2) is 13.8 Å². The van der Waals surface area contributed by atoms with Crippen LogP contribution in [-0.4, -0.2) is 24.0 Å². The Hall–Kier alpha value is -2.54. The number of hydrogen-bond acceptors (Lipinski definition) is 4. The molecule has 1 saturated heterocycles. The van der Waals surface area contributed by atoms with Gasteiger partial charge in [-0.1, -0.05) is 0 Å². The van der Waals surface area contributed by atoms with E-state index in [0.717, 1.165) is 42.7 Å². The third-order valence-electron chi connectivity index (χ3n) is 4.83. The van der Waals surface area contributed by atoms with E-state index in [1.165, 1.54) is 15.6 Å². The molecule has 1 atom stereocenters. The lowest BCUT2D eigenvalue weighted by molar-refractivity contribution is -0.120. The summed E-state index contributed by atoms with van der Waals surface area (Å²) in [6.07, 6.45) is 3.38. The first-order chi connectivity index (χ1) is 13.0. The Morgan fingerprint density at radius 2 is 2.15 bits per heavy atom. The number of nitrogens with one attached hydrogen (secondary N) is 1. The molecule has 2 aromatic heterocycles. The molecule has 0 spiro atoms. The van der Waals surface area contributed by atoms with Crippen LogP contribution in [0.5, 0.6) is 0 Å². The maximum Gasteiger partial charge on any atom is 0.229 e. The first-order valence-corrected chi connectivity index (χ1v) is 9.69. The molecule has 3 aromatic rings. The second-order valence-corrected chi connectivity index (χ2v) is 8.09. The number of carbonyl (C=O) groups is 1. The summed E-state index contributed by atoms with van der Waals surface area (Å²) in [5, 5.41) is 3.70. The first-order valence-electron chi connectivity index (χ1n) is 8.87. The fourth-order valence-electron chi connectivity index (χ4n) is 3.54. The highest BCUT2D eigenvalue weighted by molar-refractivity contribution is 7.19. The number of fused-ring (bicyclic) bond motifs is 1. The van der Waals surface area contributed by atoms with Crippen molar-refractivity contribution in [3.63, 3.8) is 0 Å². The SMILES string of the molecule is Cc1cc2c(N3CCC[C@H](C(=O)Nc4ccc(F)cc4F)C3)nccc2s1. The number of aryl methyl sites for hydroxylation is 1. The molecule has 0 unspecified atom stereocenters. The lowest BCUT2D eigenvalue weighted by Gasteiger charge is -2.33. The van der Waals surface area contributed by atoms with Crippen molar-refractivity contribution in [3.8, 4) is 0 Å². The summed E-state index contributed by atoms with van der Waals surface area (Å²) < 4.78 is 28.0. The first kappa shape index (κ1) is 17.9. The smallest absolute Gasteiger partial charge is 0.229 e. The van der Waals surface area contributed by atoms with Crippen molar-refractivity contribution in [2.45, 2.75) is 19.8 Å². The average molecular weight is 387 g/mol. The fraction of sp³-hybridized carbons (Fsp3) is 0.300. The standard InChI is InChI=1S/C20H19F2N3OS/c1-12-9-15-18(27-12)6-7-23-19(15)25-8-2-3-13(11-25)20(26)24-17-5-4-14(21)10-16(17)22/h4-7,9-10,13H,2-3,8,11H2,1H3,(H,24,26)/t13-/m0/s1. The van der Waals surface area contributed by atoms with Crippen LogP contribution in [0.1, 0.15) is 17.7 Å². The minimum atomic E-state index is -0.767. The quantitative estimate of drug-likeness (QED) is 0.706. The summed E-state index contributed by atoms with van der Waals surface area (Å²) in [5.41, 5.74) is 0.00668. The Morgan fingerprint density at radius 3 is 2.96 bits per heavy atom. The Labute approximate surface area is 159 Å². The zero-order valence-electron chi connectivity index (χ0n) is 14.8. The lowest BCUT2D eigenvalue weighted by Crippen LogP contribution is -2.41. The van der Waals surface area contributed by atoms with Crippen LogP contribution in [-0.2, 0) is 4.79 Å². The number of anilines is 2. The van der Waals surface area contributed by atoms with Crippen LogP contribution < -0.4 is 10.2 Å². The van der Waals surface area contributed by atoms with E-state index in [-0.39, 0.29) is 17.5 Å². The van der Waals surface area contributed by atoms with Crippen molar-refractivity contribution < 1.29 is 13.6 Å². The number of nitrogens with zero attached hydrogens (tertiary/aromatic N) is 2. The second kappa shape index (κ2) is 7.23. The van der Waals surface area contributed by atoms with E-state index in [2.05, 4.69) is 28.2 Å². The molecular weight excluding hydrogens is 368 g/mol. The van der Waals surface area contributed by atoms with Gasteiger partial charge < -0.3 is 10.2 Å².